The van der Waals surface area contributed by atoms with E-state index in [1.807, 2.05) is 36.4 Å². The number of rotatable bonds is 9. The first-order chi connectivity index (χ1) is 22.9. The van der Waals surface area contributed by atoms with Gasteiger partial charge in [-0.3, -0.25) is 24.9 Å². The second-order valence-electron chi connectivity index (χ2n) is 12.4. The second kappa shape index (κ2) is 12.1. The van der Waals surface area contributed by atoms with E-state index < -0.39 is 5.92 Å². The molecule has 0 bridgehead atoms. The molecule has 240 valence electrons. The van der Waals surface area contributed by atoms with E-state index in [-0.39, 0.29) is 18.8 Å². The molecule has 6 aromatic rings. The average molecular weight is 639 g/mol. The summed E-state index contributed by atoms with van der Waals surface area (Å²) < 4.78 is 48.2. The molecule has 4 aromatic heterocycles. The molecule has 0 spiro atoms. The highest BCUT2D eigenvalue weighted by molar-refractivity contribution is 5.97. The van der Waals surface area contributed by atoms with Crippen LogP contribution >= 0.6 is 0 Å². The SMILES string of the molecule is Fc1cc(OCCN2CCCC2)cc(-c2cccc3[nH]c(-c4n[nH]c5cnc(-c6cncc(CN7CCC(F)(F)C7)c6)cc45)nc23)c1. The van der Waals surface area contributed by atoms with Crippen molar-refractivity contribution >= 4 is 21.9 Å². The molecular weight excluding hydrogens is 605 g/mol. The molecule has 2 saturated heterocycles. The van der Waals surface area contributed by atoms with E-state index in [2.05, 4.69) is 30.0 Å². The van der Waals surface area contributed by atoms with Crippen molar-refractivity contribution in [1.29, 1.82) is 0 Å². The molecule has 0 unspecified atom stereocenters. The summed E-state index contributed by atoms with van der Waals surface area (Å²) in [5.41, 5.74) is 6.56. The molecule has 2 fully saturated rings. The van der Waals surface area contributed by atoms with E-state index >= 15 is 0 Å². The van der Waals surface area contributed by atoms with Gasteiger partial charge in [-0.1, -0.05) is 12.1 Å². The zero-order valence-electron chi connectivity index (χ0n) is 25.6. The van der Waals surface area contributed by atoms with Crippen LogP contribution in [0, 0.1) is 5.82 Å². The van der Waals surface area contributed by atoms with Crippen molar-refractivity contribution in [1.82, 2.24) is 39.9 Å². The first-order valence-electron chi connectivity index (χ1n) is 15.9. The van der Waals surface area contributed by atoms with Gasteiger partial charge in [0.2, 0.25) is 0 Å². The van der Waals surface area contributed by atoms with Gasteiger partial charge in [-0.15, -0.1) is 0 Å². The number of hydrogen-bond donors (Lipinski definition) is 2. The molecule has 0 aliphatic carbocycles. The molecule has 0 amide bonds. The number of ether oxygens (including phenoxy) is 1. The molecule has 47 heavy (non-hydrogen) atoms. The average Bonchev–Trinajstić information content (AvgIpc) is 3.87. The Morgan fingerprint density at radius 2 is 1.81 bits per heavy atom. The fourth-order valence-corrected chi connectivity index (χ4v) is 6.65. The monoisotopic (exact) mass is 638 g/mol. The lowest BCUT2D eigenvalue weighted by Gasteiger charge is -2.15. The summed E-state index contributed by atoms with van der Waals surface area (Å²) in [4.78, 5) is 21.4. The van der Waals surface area contributed by atoms with Crippen molar-refractivity contribution in [3.8, 4) is 39.7 Å². The van der Waals surface area contributed by atoms with Crippen LogP contribution in [0.25, 0.3) is 55.8 Å². The zero-order valence-corrected chi connectivity index (χ0v) is 25.6. The predicted octanol–water partition coefficient (Wildman–Crippen LogP) is 6.68. The number of pyridine rings is 2. The van der Waals surface area contributed by atoms with Gasteiger partial charge in [0.05, 0.1) is 35.0 Å². The quantitative estimate of drug-likeness (QED) is 0.182. The fourth-order valence-electron chi connectivity index (χ4n) is 6.65. The molecule has 12 heteroatoms. The number of aromatic nitrogens is 6. The molecule has 0 saturated carbocycles. The van der Waals surface area contributed by atoms with Crippen LogP contribution in [-0.4, -0.2) is 85.2 Å². The summed E-state index contributed by atoms with van der Waals surface area (Å²) in [5, 5.41) is 8.40. The van der Waals surface area contributed by atoms with Gasteiger partial charge in [0, 0.05) is 61.0 Å². The van der Waals surface area contributed by atoms with Gasteiger partial charge < -0.3 is 9.72 Å². The van der Waals surface area contributed by atoms with Crippen LogP contribution in [0.3, 0.4) is 0 Å². The number of H-pyrrole nitrogens is 2. The fraction of sp³-hybridized carbons (Fsp3) is 0.314. The first kappa shape index (κ1) is 29.6. The van der Waals surface area contributed by atoms with E-state index in [0.29, 0.717) is 53.7 Å². The van der Waals surface area contributed by atoms with Gasteiger partial charge >= 0.3 is 0 Å². The number of halogens is 3. The van der Waals surface area contributed by atoms with Crippen LogP contribution < -0.4 is 4.74 Å². The summed E-state index contributed by atoms with van der Waals surface area (Å²) in [6.07, 6.45) is 7.43. The molecule has 9 nitrogen and oxygen atoms in total. The third kappa shape index (κ3) is 6.18. The number of benzene rings is 2. The number of likely N-dealkylation sites (tertiary alicyclic amines) is 2. The van der Waals surface area contributed by atoms with Gasteiger partial charge in [-0.25, -0.2) is 18.2 Å². The Bertz CT molecular complexity index is 2070. The van der Waals surface area contributed by atoms with E-state index in [1.54, 1.807) is 23.5 Å². The predicted molar refractivity (Wildman–Crippen MR) is 174 cm³/mol. The van der Waals surface area contributed by atoms with Crippen LogP contribution in [0.4, 0.5) is 13.2 Å². The number of hydrogen-bond acceptors (Lipinski definition) is 7. The third-order valence-electron chi connectivity index (χ3n) is 8.99. The van der Waals surface area contributed by atoms with E-state index in [0.717, 1.165) is 52.7 Å². The Morgan fingerprint density at radius 1 is 0.915 bits per heavy atom. The lowest BCUT2D eigenvalue weighted by atomic mass is 10.0. The Labute approximate surface area is 268 Å². The van der Waals surface area contributed by atoms with Crippen LogP contribution in [-0.2, 0) is 6.54 Å². The minimum absolute atomic E-state index is 0.123. The van der Waals surface area contributed by atoms with Crippen LogP contribution in [0.5, 0.6) is 5.75 Å². The van der Waals surface area contributed by atoms with Gasteiger partial charge in [0.25, 0.3) is 5.92 Å². The summed E-state index contributed by atoms with van der Waals surface area (Å²) >= 11 is 0. The van der Waals surface area contributed by atoms with Gasteiger partial charge in [-0.2, -0.15) is 5.10 Å². The summed E-state index contributed by atoms with van der Waals surface area (Å²) in [7, 11) is 0. The maximum atomic E-state index is 14.8. The molecule has 2 aromatic carbocycles. The summed E-state index contributed by atoms with van der Waals surface area (Å²) in [6, 6.07) is 14.4. The lowest BCUT2D eigenvalue weighted by Crippen LogP contribution is -2.25. The Kier molecular flexibility index (Phi) is 7.61. The van der Waals surface area contributed by atoms with Crippen molar-refractivity contribution in [2.24, 2.45) is 0 Å². The highest BCUT2D eigenvalue weighted by Gasteiger charge is 2.38. The zero-order chi connectivity index (χ0) is 32.0. The van der Waals surface area contributed by atoms with Crippen molar-refractivity contribution < 1.29 is 17.9 Å². The van der Waals surface area contributed by atoms with Crippen molar-refractivity contribution in [2.75, 3.05) is 39.3 Å². The van der Waals surface area contributed by atoms with Crippen LogP contribution in [0.1, 0.15) is 24.8 Å². The smallest absolute Gasteiger partial charge is 0.261 e. The summed E-state index contributed by atoms with van der Waals surface area (Å²) in [6.45, 7) is 3.99. The van der Waals surface area contributed by atoms with Crippen LogP contribution in [0.15, 0.2) is 67.1 Å². The van der Waals surface area contributed by atoms with Gasteiger partial charge in [0.1, 0.15) is 23.9 Å². The van der Waals surface area contributed by atoms with Crippen molar-refractivity contribution in [3.63, 3.8) is 0 Å². The van der Waals surface area contributed by atoms with Crippen molar-refractivity contribution in [2.45, 2.75) is 31.7 Å². The number of fused-ring (bicyclic) bond motifs is 2. The molecule has 8 rings (SSSR count). The highest BCUT2D eigenvalue weighted by atomic mass is 19.3. The van der Waals surface area contributed by atoms with Gasteiger partial charge in [0.15, 0.2) is 5.82 Å². The molecule has 0 atom stereocenters. The summed E-state index contributed by atoms with van der Waals surface area (Å²) in [5.74, 6) is -1.98. The molecule has 6 heterocycles. The normalized spacial score (nSPS) is 16.9. The number of nitrogens with zero attached hydrogens (tertiary/aromatic N) is 6. The minimum Gasteiger partial charge on any atom is -0.492 e. The van der Waals surface area contributed by atoms with E-state index in [4.69, 9.17) is 9.72 Å². The third-order valence-corrected chi connectivity index (χ3v) is 8.99. The minimum atomic E-state index is -2.64. The van der Waals surface area contributed by atoms with Crippen molar-refractivity contribution in [3.05, 3.63) is 78.5 Å². The standard InChI is InChI=1S/C35H33F3N8O/c36-25-13-23(14-26(15-25)47-11-10-45-7-1-2-8-45)27-4-3-5-29-32(27)42-34(41-29)33-28-16-30(40-19-31(28)43-44-33)24-12-22(17-39-18-24)20-46-9-6-35(37,38)21-46/h3-5,12-19H,1-2,6-11,20-21H2,(H,41,42)(H,43,44). The topological polar surface area (TPSA) is 98.8 Å². The van der Waals surface area contributed by atoms with Gasteiger partial charge in [-0.05, 0) is 67.4 Å². The first-order valence-corrected chi connectivity index (χ1v) is 15.9. The maximum Gasteiger partial charge on any atom is 0.261 e. The van der Waals surface area contributed by atoms with Crippen LogP contribution in [0.2, 0.25) is 0 Å². The Balaban J connectivity index is 1.08. The Hall–Kier alpha value is -4.81. The maximum absolute atomic E-state index is 14.8. The molecule has 2 aliphatic heterocycles. The lowest BCUT2D eigenvalue weighted by molar-refractivity contribution is 0.0115. The van der Waals surface area contributed by atoms with E-state index in [9.17, 15) is 13.2 Å². The number of alkyl halides is 2. The number of para-hydroxylation sites is 1. The molecule has 2 aliphatic rings. The largest absolute Gasteiger partial charge is 0.492 e. The Morgan fingerprint density at radius 3 is 2.66 bits per heavy atom. The molecule has 2 N–H and O–H groups in total. The van der Waals surface area contributed by atoms with E-state index in [1.165, 1.54) is 25.0 Å². The molecule has 0 radical (unpaired) electrons. The number of nitrogens with one attached hydrogen (secondary N) is 2. The second-order valence-corrected chi connectivity index (χ2v) is 12.4. The number of imidazole rings is 1. The molecular formula is C35H33F3N8O. The highest BCUT2D eigenvalue weighted by Crippen LogP contribution is 2.34. The number of aromatic amines is 2.